The Hall–Kier alpha value is -4.69. The first-order chi connectivity index (χ1) is 25.8. The number of nitriles is 1. The first kappa shape index (κ1) is 38.0. The van der Waals surface area contributed by atoms with Gasteiger partial charge in [-0.3, -0.25) is 19.7 Å². The van der Waals surface area contributed by atoms with E-state index in [2.05, 4.69) is 33.9 Å². The van der Waals surface area contributed by atoms with E-state index < -0.39 is 12.0 Å². The van der Waals surface area contributed by atoms with Gasteiger partial charge in [-0.1, -0.05) is 36.6 Å². The SMILES string of the molecule is Cc1c(OCCCN2CCCCC2)cccc1-c1ccnc(COc2cc(OCc3cncc(C#N)c3)c(CN3CCCC[C@H]3C(=O)O)cc2Cl)c1C. The molecule has 2 fully saturated rings. The van der Waals surface area contributed by atoms with E-state index in [4.69, 9.17) is 25.8 Å². The highest BCUT2D eigenvalue weighted by molar-refractivity contribution is 6.32. The molecule has 0 aliphatic carbocycles. The molecule has 2 saturated heterocycles. The Morgan fingerprint density at radius 3 is 2.53 bits per heavy atom. The number of rotatable bonds is 15. The molecule has 0 unspecified atom stereocenters. The van der Waals surface area contributed by atoms with Crippen LogP contribution in [0, 0.1) is 25.2 Å². The van der Waals surface area contributed by atoms with Gasteiger partial charge in [0.25, 0.3) is 0 Å². The molecule has 0 amide bonds. The number of carboxylic acid groups (broad SMARTS) is 1. The number of piperidine rings is 2. The lowest BCUT2D eigenvalue weighted by molar-refractivity contribution is -0.144. The number of carboxylic acids is 1. The Labute approximate surface area is 317 Å². The summed E-state index contributed by atoms with van der Waals surface area (Å²) >= 11 is 6.84. The number of likely N-dealkylation sites (tertiary alicyclic amines) is 2. The van der Waals surface area contributed by atoms with E-state index in [9.17, 15) is 15.2 Å². The van der Waals surface area contributed by atoms with Crippen LogP contribution in [0.2, 0.25) is 5.02 Å². The zero-order valence-corrected chi connectivity index (χ0v) is 31.4. The van der Waals surface area contributed by atoms with E-state index >= 15 is 0 Å². The van der Waals surface area contributed by atoms with Crippen molar-refractivity contribution in [3.05, 3.63) is 99.6 Å². The van der Waals surface area contributed by atoms with Gasteiger partial charge in [-0.05, 0) is 112 Å². The first-order valence-electron chi connectivity index (χ1n) is 18.6. The molecule has 0 saturated carbocycles. The van der Waals surface area contributed by atoms with Crippen molar-refractivity contribution < 1.29 is 24.1 Å². The van der Waals surface area contributed by atoms with Crippen LogP contribution in [-0.4, -0.2) is 69.7 Å². The van der Waals surface area contributed by atoms with Crippen LogP contribution in [0.5, 0.6) is 17.2 Å². The average molecular weight is 738 g/mol. The molecule has 2 aromatic carbocycles. The van der Waals surface area contributed by atoms with E-state index in [1.807, 2.05) is 30.0 Å². The fraction of sp³-hybridized carbons (Fsp3) is 0.429. The maximum absolute atomic E-state index is 12.1. The van der Waals surface area contributed by atoms with Gasteiger partial charge in [0.15, 0.2) is 0 Å². The third-order valence-electron chi connectivity index (χ3n) is 10.3. The number of ether oxygens (including phenoxy) is 3. The summed E-state index contributed by atoms with van der Waals surface area (Å²) < 4.78 is 18.9. The number of benzene rings is 2. The largest absolute Gasteiger partial charge is 0.493 e. The summed E-state index contributed by atoms with van der Waals surface area (Å²) in [6.07, 6.45) is 12.3. The Balaban J connectivity index is 1.18. The molecule has 2 aromatic heterocycles. The molecule has 4 heterocycles. The van der Waals surface area contributed by atoms with Gasteiger partial charge in [-0.2, -0.15) is 5.26 Å². The number of halogens is 1. The number of pyridine rings is 2. The van der Waals surface area contributed by atoms with Crippen LogP contribution >= 0.6 is 11.6 Å². The Morgan fingerprint density at radius 1 is 0.925 bits per heavy atom. The molecule has 2 aliphatic heterocycles. The maximum atomic E-state index is 12.1. The summed E-state index contributed by atoms with van der Waals surface area (Å²) in [5.41, 5.74) is 6.92. The van der Waals surface area contributed by atoms with E-state index in [0.717, 1.165) is 70.6 Å². The van der Waals surface area contributed by atoms with Gasteiger partial charge in [0.1, 0.15) is 42.6 Å². The van der Waals surface area contributed by atoms with Gasteiger partial charge < -0.3 is 24.2 Å². The molecule has 0 bridgehead atoms. The molecular formula is C42H48ClN5O5. The third-order valence-corrected chi connectivity index (χ3v) is 10.6. The number of nitrogens with zero attached hydrogens (tertiary/aromatic N) is 5. The van der Waals surface area contributed by atoms with Gasteiger partial charge in [0.05, 0.1) is 22.9 Å². The van der Waals surface area contributed by atoms with E-state index in [-0.39, 0.29) is 13.2 Å². The number of hydrogen-bond acceptors (Lipinski definition) is 9. The van der Waals surface area contributed by atoms with E-state index in [1.54, 1.807) is 30.6 Å². The maximum Gasteiger partial charge on any atom is 0.320 e. The first-order valence-corrected chi connectivity index (χ1v) is 19.0. The lowest BCUT2D eigenvalue weighted by atomic mass is 9.96. The number of hydrogen-bond donors (Lipinski definition) is 1. The molecule has 2 aliphatic rings. The van der Waals surface area contributed by atoms with Crippen molar-refractivity contribution in [3.63, 3.8) is 0 Å². The number of aromatic nitrogens is 2. The van der Waals surface area contributed by atoms with Gasteiger partial charge in [0, 0.05) is 48.9 Å². The van der Waals surface area contributed by atoms with Gasteiger partial charge in [0.2, 0.25) is 0 Å². The number of carbonyl (C=O) groups is 1. The molecule has 10 nitrogen and oxygen atoms in total. The van der Waals surface area contributed by atoms with Crippen LogP contribution in [-0.2, 0) is 24.6 Å². The standard InChI is InChI=1S/C42H48ClN5O5/c1-29-35(34-10-8-12-39(30(34)2)51-19-9-17-47-15-5-3-6-16-47)13-14-46-37(29)28-53-41-22-40(52-27-32-20-31(23-44)24-45-25-32)33(21-36(41)43)26-48-18-7-4-11-38(48)42(49)50/h8,10,12-14,20-22,24-25,38H,3-7,9,11,15-19,26-28H2,1-2H3,(H,49,50)/t38-/m0/s1. The fourth-order valence-corrected chi connectivity index (χ4v) is 7.53. The van der Waals surface area contributed by atoms with Crippen molar-refractivity contribution in [3.8, 4) is 34.4 Å². The van der Waals surface area contributed by atoms with Crippen LogP contribution < -0.4 is 14.2 Å². The lowest BCUT2D eigenvalue weighted by Gasteiger charge is -2.33. The minimum atomic E-state index is -0.833. The molecule has 6 rings (SSSR count). The highest BCUT2D eigenvalue weighted by atomic mass is 35.5. The van der Waals surface area contributed by atoms with Crippen molar-refractivity contribution in [2.75, 3.05) is 32.8 Å². The van der Waals surface area contributed by atoms with Crippen molar-refractivity contribution in [2.45, 2.75) is 84.6 Å². The topological polar surface area (TPSA) is 121 Å². The highest BCUT2D eigenvalue weighted by Crippen LogP contribution is 2.37. The summed E-state index contributed by atoms with van der Waals surface area (Å²) in [6.45, 7) is 9.63. The Bertz CT molecular complexity index is 1920. The molecule has 1 atom stereocenters. The minimum absolute atomic E-state index is 0.155. The summed E-state index contributed by atoms with van der Waals surface area (Å²) in [6, 6.07) is 15.0. The normalized spacial score (nSPS) is 16.5. The zero-order chi connectivity index (χ0) is 37.2. The molecule has 4 aromatic rings. The van der Waals surface area contributed by atoms with Crippen LogP contribution in [0.25, 0.3) is 11.1 Å². The monoisotopic (exact) mass is 737 g/mol. The molecule has 0 radical (unpaired) electrons. The molecule has 278 valence electrons. The third kappa shape index (κ3) is 9.85. The van der Waals surface area contributed by atoms with Gasteiger partial charge in [-0.15, -0.1) is 0 Å². The number of aliphatic carboxylic acids is 1. The fourth-order valence-electron chi connectivity index (χ4n) is 7.29. The summed E-state index contributed by atoms with van der Waals surface area (Å²) in [5, 5.41) is 19.6. The predicted molar refractivity (Wildman–Crippen MR) is 204 cm³/mol. The molecule has 0 spiro atoms. The quantitative estimate of drug-likeness (QED) is 0.120. The van der Waals surface area contributed by atoms with Crippen molar-refractivity contribution in [1.29, 1.82) is 5.26 Å². The second kappa shape index (κ2) is 18.4. The Morgan fingerprint density at radius 2 is 1.72 bits per heavy atom. The van der Waals surface area contributed by atoms with Gasteiger partial charge in [-0.25, -0.2) is 0 Å². The molecular weight excluding hydrogens is 690 g/mol. The minimum Gasteiger partial charge on any atom is -0.493 e. The van der Waals surface area contributed by atoms with Crippen molar-refractivity contribution >= 4 is 17.6 Å². The van der Waals surface area contributed by atoms with Crippen molar-refractivity contribution in [2.24, 2.45) is 0 Å². The highest BCUT2D eigenvalue weighted by Gasteiger charge is 2.29. The molecule has 53 heavy (non-hydrogen) atoms. The second-order valence-corrected chi connectivity index (χ2v) is 14.4. The molecule has 11 heteroatoms. The van der Waals surface area contributed by atoms with Crippen molar-refractivity contribution in [1.82, 2.24) is 19.8 Å². The van der Waals surface area contributed by atoms with Crippen LogP contribution in [0.1, 0.15) is 78.5 Å². The predicted octanol–water partition coefficient (Wildman–Crippen LogP) is 8.14. The smallest absolute Gasteiger partial charge is 0.320 e. The Kier molecular flexibility index (Phi) is 13.2. The van der Waals surface area contributed by atoms with Crippen LogP contribution in [0.3, 0.4) is 0 Å². The summed E-state index contributed by atoms with van der Waals surface area (Å²) in [4.78, 5) is 25.4. The van der Waals surface area contributed by atoms with Crippen LogP contribution in [0.15, 0.2) is 61.1 Å². The lowest BCUT2D eigenvalue weighted by Crippen LogP contribution is -2.44. The van der Waals surface area contributed by atoms with Crippen LogP contribution in [0.4, 0.5) is 0 Å². The molecule has 1 N–H and O–H groups in total. The average Bonchev–Trinajstić information content (AvgIpc) is 3.17. The zero-order valence-electron chi connectivity index (χ0n) is 30.7. The summed E-state index contributed by atoms with van der Waals surface area (Å²) in [5.74, 6) is 0.998. The van der Waals surface area contributed by atoms with E-state index in [0.29, 0.717) is 48.2 Å². The van der Waals surface area contributed by atoms with E-state index in [1.165, 1.54) is 38.5 Å². The summed E-state index contributed by atoms with van der Waals surface area (Å²) in [7, 11) is 0. The van der Waals surface area contributed by atoms with Gasteiger partial charge >= 0.3 is 5.97 Å². The second-order valence-electron chi connectivity index (χ2n) is 13.9.